The summed E-state index contributed by atoms with van der Waals surface area (Å²) in [5, 5.41) is 6.18. The molecule has 2 unspecified atom stereocenters. The molecular weight excluding hydrogens is 407 g/mol. The van der Waals surface area contributed by atoms with Crippen LogP contribution >= 0.6 is 0 Å². The predicted molar refractivity (Wildman–Crippen MR) is 117 cm³/mol. The number of halogens is 3. The number of nitrogens with one attached hydrogen (secondary N) is 2. The molecule has 1 aromatic carbocycles. The van der Waals surface area contributed by atoms with Gasteiger partial charge in [-0.1, -0.05) is 19.1 Å². The molecule has 0 aromatic heterocycles. The fourth-order valence-corrected chi connectivity index (χ4v) is 3.34. The van der Waals surface area contributed by atoms with E-state index in [0.29, 0.717) is 50.8 Å². The van der Waals surface area contributed by atoms with E-state index < -0.39 is 12.2 Å². The summed E-state index contributed by atoms with van der Waals surface area (Å²) in [5.74, 6) is 0.568. The van der Waals surface area contributed by atoms with Crippen LogP contribution in [0.25, 0.3) is 0 Å². The summed E-state index contributed by atoms with van der Waals surface area (Å²) in [5.41, 5.74) is 1.49. The first kappa shape index (κ1) is 25.0. The number of hydrogen-bond donors (Lipinski definition) is 2. The molecule has 1 heterocycles. The minimum Gasteiger partial charge on any atom is -0.357 e. The van der Waals surface area contributed by atoms with Gasteiger partial charge in [0.2, 0.25) is 0 Å². The number of aliphatic imine (C=N–C) groups is 1. The van der Waals surface area contributed by atoms with Crippen molar-refractivity contribution >= 4 is 11.9 Å². The zero-order valence-electron chi connectivity index (χ0n) is 18.8. The second-order valence-electron chi connectivity index (χ2n) is 7.89. The third kappa shape index (κ3) is 7.41. The molecule has 0 saturated carbocycles. The predicted octanol–water partition coefficient (Wildman–Crippen LogP) is 3.25. The van der Waals surface area contributed by atoms with Crippen LogP contribution in [-0.4, -0.2) is 72.7 Å². The van der Waals surface area contributed by atoms with Gasteiger partial charge in [-0.3, -0.25) is 9.69 Å². The second kappa shape index (κ2) is 11.4. The number of nitrogens with zero attached hydrogens (tertiary/aromatic N) is 3. The summed E-state index contributed by atoms with van der Waals surface area (Å²) in [6, 6.07) is 6.01. The van der Waals surface area contributed by atoms with E-state index in [4.69, 9.17) is 0 Å². The average molecular weight is 442 g/mol. The number of amides is 1. The van der Waals surface area contributed by atoms with E-state index in [2.05, 4.69) is 15.6 Å². The van der Waals surface area contributed by atoms with Crippen LogP contribution in [0.4, 0.5) is 13.2 Å². The molecule has 1 fully saturated rings. The maximum atomic E-state index is 13.0. The average Bonchev–Trinajstić information content (AvgIpc) is 2.75. The van der Waals surface area contributed by atoms with Crippen molar-refractivity contribution in [2.45, 2.75) is 58.9 Å². The van der Waals surface area contributed by atoms with Crippen LogP contribution in [0, 0.1) is 0 Å². The summed E-state index contributed by atoms with van der Waals surface area (Å²) >= 11 is 0. The smallest absolute Gasteiger partial charge is 0.357 e. The number of alkyl halides is 3. The number of piperazine rings is 1. The van der Waals surface area contributed by atoms with E-state index in [-0.39, 0.29) is 11.9 Å². The van der Waals surface area contributed by atoms with Gasteiger partial charge in [0.25, 0.3) is 5.91 Å². The summed E-state index contributed by atoms with van der Waals surface area (Å²) in [6.07, 6.45) is -3.36. The van der Waals surface area contributed by atoms with Gasteiger partial charge in [-0.15, -0.1) is 0 Å². The van der Waals surface area contributed by atoms with Crippen molar-refractivity contribution in [3.8, 4) is 0 Å². The summed E-state index contributed by atoms with van der Waals surface area (Å²) in [6.45, 7) is 9.80. The van der Waals surface area contributed by atoms with Crippen LogP contribution in [-0.2, 0) is 6.54 Å². The van der Waals surface area contributed by atoms with Crippen molar-refractivity contribution in [1.29, 1.82) is 0 Å². The van der Waals surface area contributed by atoms with E-state index in [1.165, 1.54) is 11.8 Å². The maximum Gasteiger partial charge on any atom is 0.403 e. The number of carbonyl (C=O) groups is 1. The van der Waals surface area contributed by atoms with Crippen LogP contribution in [0.1, 0.15) is 50.0 Å². The van der Waals surface area contributed by atoms with Crippen molar-refractivity contribution < 1.29 is 18.0 Å². The van der Waals surface area contributed by atoms with Gasteiger partial charge < -0.3 is 15.5 Å². The molecule has 0 bridgehead atoms. The molecule has 1 aliphatic rings. The number of rotatable bonds is 7. The highest BCUT2D eigenvalue weighted by Gasteiger charge is 2.41. The monoisotopic (exact) mass is 441 g/mol. The van der Waals surface area contributed by atoms with E-state index in [0.717, 1.165) is 12.0 Å². The first-order valence-corrected chi connectivity index (χ1v) is 10.9. The number of guanidine groups is 1. The molecule has 2 rings (SSSR count). The molecule has 1 aromatic rings. The van der Waals surface area contributed by atoms with Crippen molar-refractivity contribution in [2.24, 2.45) is 4.99 Å². The lowest BCUT2D eigenvalue weighted by Gasteiger charge is -2.39. The lowest BCUT2D eigenvalue weighted by molar-refractivity contribution is -0.181. The molecule has 0 aliphatic carbocycles. The Morgan fingerprint density at radius 2 is 1.84 bits per heavy atom. The van der Waals surface area contributed by atoms with Gasteiger partial charge in [0, 0.05) is 44.3 Å². The molecule has 31 heavy (non-hydrogen) atoms. The van der Waals surface area contributed by atoms with Crippen LogP contribution in [0.15, 0.2) is 29.3 Å². The fourth-order valence-electron chi connectivity index (χ4n) is 3.34. The van der Waals surface area contributed by atoms with Crippen molar-refractivity contribution in [2.75, 3.05) is 32.7 Å². The molecule has 1 amide bonds. The van der Waals surface area contributed by atoms with Gasteiger partial charge in [-0.2, -0.15) is 13.2 Å². The Hall–Kier alpha value is -2.29. The largest absolute Gasteiger partial charge is 0.403 e. The molecule has 1 saturated heterocycles. The Morgan fingerprint density at radius 3 is 2.42 bits per heavy atom. The van der Waals surface area contributed by atoms with E-state index in [1.807, 2.05) is 43.9 Å². The normalized spacial score (nSPS) is 17.9. The number of carbonyl (C=O) groups excluding carboxylic acids is 1. The fraction of sp³-hybridized carbons (Fsp3) is 0.636. The Morgan fingerprint density at radius 1 is 1.16 bits per heavy atom. The Labute approximate surface area is 182 Å². The Bertz CT molecular complexity index is 745. The molecule has 174 valence electrons. The minimum absolute atomic E-state index is 0.105. The van der Waals surface area contributed by atoms with Gasteiger partial charge in [0.15, 0.2) is 5.96 Å². The first-order valence-electron chi connectivity index (χ1n) is 10.9. The lowest BCUT2D eigenvalue weighted by Crippen LogP contribution is -2.56. The van der Waals surface area contributed by atoms with Crippen molar-refractivity contribution in [3.05, 3.63) is 35.4 Å². The molecule has 9 heteroatoms. The molecule has 2 N–H and O–H groups in total. The molecule has 6 nitrogen and oxygen atoms in total. The zero-order valence-corrected chi connectivity index (χ0v) is 18.8. The SMILES string of the molecule is CCNC(=NCc1cccc(C(=O)NC(C)CC)c1)N1CCN(C(C)C(F)(F)F)CC1. The molecule has 0 radical (unpaired) electrons. The summed E-state index contributed by atoms with van der Waals surface area (Å²) in [4.78, 5) is 20.5. The highest BCUT2D eigenvalue weighted by Crippen LogP contribution is 2.25. The van der Waals surface area contributed by atoms with Crippen LogP contribution in [0.2, 0.25) is 0 Å². The topological polar surface area (TPSA) is 60.0 Å². The number of benzene rings is 1. The Kier molecular flexibility index (Phi) is 9.15. The van der Waals surface area contributed by atoms with Gasteiger partial charge in [0.05, 0.1) is 6.54 Å². The van der Waals surface area contributed by atoms with Gasteiger partial charge >= 0.3 is 6.18 Å². The van der Waals surface area contributed by atoms with Gasteiger partial charge in [-0.25, -0.2) is 4.99 Å². The standard InChI is InChI=1S/C22H34F3N5O/c1-5-16(3)28-20(31)19-9-7-8-18(14-19)15-27-21(26-6-2)30-12-10-29(11-13-30)17(4)22(23,24)25/h7-9,14,16-17H,5-6,10-13,15H2,1-4H3,(H,26,27)(H,28,31). The third-order valence-corrected chi connectivity index (χ3v) is 5.56. The minimum atomic E-state index is -4.22. The van der Waals surface area contributed by atoms with Crippen LogP contribution in [0.5, 0.6) is 0 Å². The lowest BCUT2D eigenvalue weighted by atomic mass is 10.1. The quantitative estimate of drug-likeness (QED) is 0.504. The summed E-state index contributed by atoms with van der Waals surface area (Å²) < 4.78 is 38.9. The van der Waals surface area contributed by atoms with Gasteiger partial charge in [0.1, 0.15) is 6.04 Å². The van der Waals surface area contributed by atoms with Crippen LogP contribution in [0.3, 0.4) is 0 Å². The maximum absolute atomic E-state index is 13.0. The van der Waals surface area contributed by atoms with E-state index in [1.54, 1.807) is 6.07 Å². The number of hydrogen-bond acceptors (Lipinski definition) is 3. The highest BCUT2D eigenvalue weighted by molar-refractivity contribution is 5.94. The van der Waals surface area contributed by atoms with Crippen molar-refractivity contribution in [1.82, 2.24) is 20.4 Å². The van der Waals surface area contributed by atoms with E-state index in [9.17, 15) is 18.0 Å². The Balaban J connectivity index is 2.02. The molecule has 1 aliphatic heterocycles. The third-order valence-electron chi connectivity index (χ3n) is 5.56. The molecular formula is C22H34F3N5O. The first-order chi connectivity index (χ1) is 14.7. The second-order valence-corrected chi connectivity index (χ2v) is 7.89. The van der Waals surface area contributed by atoms with E-state index >= 15 is 0 Å². The highest BCUT2D eigenvalue weighted by atomic mass is 19.4. The molecule has 2 atom stereocenters. The summed E-state index contributed by atoms with van der Waals surface area (Å²) in [7, 11) is 0. The molecule has 0 spiro atoms. The van der Waals surface area contributed by atoms with Gasteiger partial charge in [-0.05, 0) is 44.9 Å². The van der Waals surface area contributed by atoms with Crippen LogP contribution < -0.4 is 10.6 Å². The van der Waals surface area contributed by atoms with Crippen molar-refractivity contribution in [3.63, 3.8) is 0 Å². The zero-order chi connectivity index (χ0) is 23.0.